The maximum absolute atomic E-state index is 12.3. The Bertz CT molecular complexity index is 1040. The summed E-state index contributed by atoms with van der Waals surface area (Å²) in [4.78, 5) is 24.0. The van der Waals surface area contributed by atoms with Crippen LogP contribution in [-0.4, -0.2) is 27.2 Å². The molecule has 0 bridgehead atoms. The molecule has 0 aromatic heterocycles. The number of hydrogen-bond donors (Lipinski definition) is 4. The minimum atomic E-state index is -1.19. The summed E-state index contributed by atoms with van der Waals surface area (Å²) in [5.74, 6) is -2.39. The lowest BCUT2D eigenvalue weighted by Gasteiger charge is -2.10. The molecule has 1 amide bonds. The van der Waals surface area contributed by atoms with Gasteiger partial charge in [0.15, 0.2) is 0 Å². The number of anilines is 1. The number of hydrogen-bond acceptors (Lipinski definition) is 4. The van der Waals surface area contributed by atoms with E-state index < -0.39 is 11.9 Å². The van der Waals surface area contributed by atoms with Gasteiger partial charge in [0.25, 0.3) is 5.91 Å². The first-order chi connectivity index (χ1) is 13.4. The van der Waals surface area contributed by atoms with E-state index in [9.17, 15) is 24.9 Å². The van der Waals surface area contributed by atoms with Crippen molar-refractivity contribution in [2.45, 2.75) is 0 Å². The van der Waals surface area contributed by atoms with E-state index in [2.05, 4.69) is 5.32 Å². The maximum Gasteiger partial charge on any atom is 0.337 e. The fourth-order valence-corrected chi connectivity index (χ4v) is 2.63. The van der Waals surface area contributed by atoms with Gasteiger partial charge in [0, 0.05) is 11.6 Å². The van der Waals surface area contributed by atoms with E-state index in [-0.39, 0.29) is 28.3 Å². The van der Waals surface area contributed by atoms with Gasteiger partial charge in [-0.25, -0.2) is 4.79 Å². The van der Waals surface area contributed by atoms with Gasteiger partial charge in [0.05, 0.1) is 11.3 Å². The number of amides is 1. The Morgan fingerprint density at radius 2 is 1.43 bits per heavy atom. The molecule has 6 heteroatoms. The van der Waals surface area contributed by atoms with Gasteiger partial charge in [0.1, 0.15) is 11.5 Å². The van der Waals surface area contributed by atoms with Crippen LogP contribution in [0.1, 0.15) is 31.8 Å². The van der Waals surface area contributed by atoms with Crippen LogP contribution in [0, 0.1) is 0 Å². The highest BCUT2D eigenvalue weighted by molar-refractivity contribution is 6.08. The monoisotopic (exact) mass is 375 g/mol. The van der Waals surface area contributed by atoms with E-state index in [1.165, 1.54) is 24.3 Å². The Morgan fingerprint density at radius 1 is 0.786 bits per heavy atom. The predicted molar refractivity (Wildman–Crippen MR) is 106 cm³/mol. The second-order valence-corrected chi connectivity index (χ2v) is 6.05. The van der Waals surface area contributed by atoms with Crippen LogP contribution in [0.2, 0.25) is 0 Å². The van der Waals surface area contributed by atoms with Crippen molar-refractivity contribution in [2.24, 2.45) is 0 Å². The van der Waals surface area contributed by atoms with Crippen LogP contribution in [-0.2, 0) is 0 Å². The molecule has 0 aliphatic heterocycles. The molecule has 0 radical (unpaired) electrons. The lowest BCUT2D eigenvalue weighted by molar-refractivity contribution is 0.0698. The van der Waals surface area contributed by atoms with Gasteiger partial charge >= 0.3 is 5.97 Å². The molecule has 0 spiro atoms. The average molecular weight is 375 g/mol. The molecule has 3 aromatic carbocycles. The van der Waals surface area contributed by atoms with Crippen LogP contribution >= 0.6 is 0 Å². The Morgan fingerprint density at radius 3 is 2.07 bits per heavy atom. The smallest absolute Gasteiger partial charge is 0.337 e. The third-order valence-electron chi connectivity index (χ3n) is 3.95. The first kappa shape index (κ1) is 18.7. The normalized spacial score (nSPS) is 10.7. The second kappa shape index (κ2) is 8.09. The van der Waals surface area contributed by atoms with E-state index in [1.807, 2.05) is 36.4 Å². The lowest BCUT2D eigenvalue weighted by atomic mass is 10.1. The molecule has 0 saturated heterocycles. The third-order valence-corrected chi connectivity index (χ3v) is 3.95. The quantitative estimate of drug-likeness (QED) is 0.500. The topological polar surface area (TPSA) is 107 Å². The molecule has 0 saturated carbocycles. The average Bonchev–Trinajstić information content (AvgIpc) is 2.67. The van der Waals surface area contributed by atoms with Crippen LogP contribution in [0.3, 0.4) is 0 Å². The van der Waals surface area contributed by atoms with Crippen LogP contribution < -0.4 is 5.32 Å². The molecule has 0 fully saturated rings. The molecule has 4 N–H and O–H groups in total. The van der Waals surface area contributed by atoms with E-state index in [0.29, 0.717) is 5.56 Å². The number of carbonyl (C=O) groups excluding carboxylic acids is 1. The minimum Gasteiger partial charge on any atom is -0.508 e. The molecular formula is C22H17NO5. The van der Waals surface area contributed by atoms with Crippen molar-refractivity contribution < 1.29 is 24.9 Å². The number of benzene rings is 3. The standard InChI is InChI=1S/C22H17NO5/c24-17-11-16(12-18(25)13-17)21(26)23-20-9-8-15(10-19(20)22(27)28)7-6-14-4-2-1-3-5-14/h1-13,24-25H,(H,23,26)(H,27,28). The van der Waals surface area contributed by atoms with Crippen molar-refractivity contribution in [1.82, 2.24) is 0 Å². The molecule has 0 aliphatic carbocycles. The summed E-state index contributed by atoms with van der Waals surface area (Å²) in [5.41, 5.74) is 1.67. The Kier molecular flexibility index (Phi) is 5.41. The van der Waals surface area contributed by atoms with Crippen LogP contribution in [0.5, 0.6) is 11.5 Å². The Balaban J connectivity index is 1.86. The number of phenols is 2. The summed E-state index contributed by atoms with van der Waals surface area (Å²) >= 11 is 0. The predicted octanol–water partition coefficient (Wildman–Crippen LogP) is 4.22. The molecule has 0 unspecified atom stereocenters. The molecule has 0 atom stereocenters. The van der Waals surface area contributed by atoms with Crippen molar-refractivity contribution in [3.05, 3.63) is 89.0 Å². The number of phenolic OH excluding ortho intramolecular Hbond substituents is 2. The van der Waals surface area contributed by atoms with Gasteiger partial charge in [-0.15, -0.1) is 0 Å². The van der Waals surface area contributed by atoms with E-state index in [1.54, 1.807) is 12.1 Å². The van der Waals surface area contributed by atoms with Gasteiger partial charge < -0.3 is 20.6 Å². The lowest BCUT2D eigenvalue weighted by Crippen LogP contribution is -2.15. The summed E-state index contributed by atoms with van der Waals surface area (Å²) < 4.78 is 0. The minimum absolute atomic E-state index is 0.00175. The Labute approximate surface area is 161 Å². The second-order valence-electron chi connectivity index (χ2n) is 6.05. The van der Waals surface area contributed by atoms with Crippen molar-refractivity contribution in [3.8, 4) is 11.5 Å². The summed E-state index contributed by atoms with van der Waals surface area (Å²) in [6.45, 7) is 0. The Hall–Kier alpha value is -4.06. The highest BCUT2D eigenvalue weighted by atomic mass is 16.4. The number of carboxylic acids is 1. The highest BCUT2D eigenvalue weighted by Gasteiger charge is 2.15. The van der Waals surface area contributed by atoms with Crippen LogP contribution in [0.25, 0.3) is 12.2 Å². The number of carboxylic acid groups (broad SMARTS) is 1. The van der Waals surface area contributed by atoms with Crippen LogP contribution in [0.15, 0.2) is 66.7 Å². The van der Waals surface area contributed by atoms with E-state index in [0.717, 1.165) is 11.6 Å². The van der Waals surface area contributed by atoms with Gasteiger partial charge in [-0.05, 0) is 35.4 Å². The molecule has 3 aromatic rings. The van der Waals surface area contributed by atoms with Gasteiger partial charge in [-0.1, -0.05) is 48.6 Å². The zero-order chi connectivity index (χ0) is 20.1. The largest absolute Gasteiger partial charge is 0.508 e. The van der Waals surface area contributed by atoms with E-state index >= 15 is 0 Å². The van der Waals surface area contributed by atoms with Gasteiger partial charge in [-0.3, -0.25) is 4.79 Å². The molecule has 0 heterocycles. The van der Waals surface area contributed by atoms with Crippen LogP contribution in [0.4, 0.5) is 5.69 Å². The molecular weight excluding hydrogens is 358 g/mol. The molecule has 6 nitrogen and oxygen atoms in total. The number of aromatic carboxylic acids is 1. The first-order valence-electron chi connectivity index (χ1n) is 8.37. The first-order valence-corrected chi connectivity index (χ1v) is 8.37. The van der Waals surface area contributed by atoms with Crippen molar-refractivity contribution in [1.29, 1.82) is 0 Å². The molecule has 28 heavy (non-hydrogen) atoms. The van der Waals surface area contributed by atoms with Gasteiger partial charge in [-0.2, -0.15) is 0 Å². The molecule has 0 aliphatic rings. The van der Waals surface area contributed by atoms with Crippen molar-refractivity contribution in [2.75, 3.05) is 5.32 Å². The number of aromatic hydroxyl groups is 2. The third kappa shape index (κ3) is 4.56. The number of rotatable bonds is 5. The van der Waals surface area contributed by atoms with Crippen molar-refractivity contribution in [3.63, 3.8) is 0 Å². The fourth-order valence-electron chi connectivity index (χ4n) is 2.63. The van der Waals surface area contributed by atoms with E-state index in [4.69, 9.17) is 0 Å². The van der Waals surface area contributed by atoms with Crippen molar-refractivity contribution >= 4 is 29.7 Å². The maximum atomic E-state index is 12.3. The summed E-state index contributed by atoms with van der Waals surface area (Å²) in [6.07, 6.45) is 3.63. The fraction of sp³-hybridized carbons (Fsp3) is 0. The summed E-state index contributed by atoms with van der Waals surface area (Å²) in [5, 5.41) is 31.0. The molecule has 140 valence electrons. The van der Waals surface area contributed by atoms with Gasteiger partial charge in [0.2, 0.25) is 0 Å². The SMILES string of the molecule is O=C(Nc1ccc(C=Cc2ccccc2)cc1C(=O)O)c1cc(O)cc(O)c1. The highest BCUT2D eigenvalue weighted by Crippen LogP contribution is 2.23. The number of nitrogens with one attached hydrogen (secondary N) is 1. The zero-order valence-electron chi connectivity index (χ0n) is 14.7. The zero-order valence-corrected chi connectivity index (χ0v) is 14.7. The molecule has 3 rings (SSSR count). The number of carbonyl (C=O) groups is 2. The summed E-state index contributed by atoms with van der Waals surface area (Å²) in [6, 6.07) is 17.6. The summed E-state index contributed by atoms with van der Waals surface area (Å²) in [7, 11) is 0.